The van der Waals surface area contributed by atoms with Crippen LogP contribution < -0.4 is 10.6 Å². The monoisotopic (exact) mass is 455 g/mol. The number of benzene rings is 1. The van der Waals surface area contributed by atoms with Gasteiger partial charge in [0, 0.05) is 44.9 Å². The molecule has 25 heavy (non-hydrogen) atoms. The van der Waals surface area contributed by atoms with Crippen molar-refractivity contribution in [2.75, 3.05) is 20.1 Å². The van der Waals surface area contributed by atoms with Gasteiger partial charge in [0.15, 0.2) is 5.96 Å². The van der Waals surface area contributed by atoms with Gasteiger partial charge in [0.2, 0.25) is 0 Å². The number of fused-ring (bicyclic) bond motifs is 1. The highest BCUT2D eigenvalue weighted by Crippen LogP contribution is 2.32. The molecule has 2 aromatic rings. The molecule has 0 saturated carbocycles. The second-order valence-corrected chi connectivity index (χ2v) is 6.23. The van der Waals surface area contributed by atoms with Crippen LogP contribution in [0.15, 0.2) is 41.7 Å². The molecule has 0 amide bonds. The fourth-order valence-electron chi connectivity index (χ4n) is 3.22. The highest BCUT2D eigenvalue weighted by Gasteiger charge is 2.21. The minimum atomic E-state index is -0.607. The van der Waals surface area contributed by atoms with Crippen molar-refractivity contribution < 1.29 is 5.11 Å². The van der Waals surface area contributed by atoms with Crippen molar-refractivity contribution in [1.82, 2.24) is 20.4 Å². The maximum Gasteiger partial charge on any atom is 0.191 e. The number of aromatic nitrogens is 2. The van der Waals surface area contributed by atoms with E-state index in [0.717, 1.165) is 18.5 Å². The van der Waals surface area contributed by atoms with Crippen LogP contribution in [0.5, 0.6) is 0 Å². The van der Waals surface area contributed by atoms with E-state index in [1.54, 1.807) is 17.9 Å². The maximum absolute atomic E-state index is 10.2. The number of rotatable bonds is 5. The van der Waals surface area contributed by atoms with Gasteiger partial charge in [0.25, 0.3) is 0 Å². The Hall–Kier alpha value is -1.61. The molecule has 136 valence electrons. The number of nitrogens with zero attached hydrogens (tertiary/aromatic N) is 3. The summed E-state index contributed by atoms with van der Waals surface area (Å²) >= 11 is 0. The molecule has 6 nitrogen and oxygen atoms in total. The lowest BCUT2D eigenvalue weighted by Gasteiger charge is -2.17. The Bertz CT molecular complexity index is 715. The van der Waals surface area contributed by atoms with E-state index in [0.29, 0.717) is 18.4 Å². The number of halogens is 1. The molecule has 2 atom stereocenters. The minimum absolute atomic E-state index is 0. The van der Waals surface area contributed by atoms with Gasteiger partial charge in [0.1, 0.15) is 0 Å². The van der Waals surface area contributed by atoms with Gasteiger partial charge in [0.05, 0.1) is 12.3 Å². The standard InChI is InChI=1S/C18H25N5O.HI/c1-19-18(21-11-17(24)15-10-22-23(2)12-15)20-9-14-8-7-13-5-3-4-6-16(13)14;/h3-6,10,12,14,17,24H,7-9,11H2,1-2H3,(H2,19,20,21);1H. The molecular weight excluding hydrogens is 429 g/mol. The molecule has 0 saturated heterocycles. The quantitative estimate of drug-likeness (QED) is 0.366. The van der Waals surface area contributed by atoms with Crippen LogP contribution in [0.2, 0.25) is 0 Å². The predicted molar refractivity (Wildman–Crippen MR) is 110 cm³/mol. The summed E-state index contributed by atoms with van der Waals surface area (Å²) in [7, 11) is 3.58. The molecule has 0 aliphatic heterocycles. The number of guanidine groups is 1. The second-order valence-electron chi connectivity index (χ2n) is 6.23. The predicted octanol–water partition coefficient (Wildman–Crippen LogP) is 1.97. The van der Waals surface area contributed by atoms with Crippen molar-refractivity contribution in [3.63, 3.8) is 0 Å². The van der Waals surface area contributed by atoms with Crippen molar-refractivity contribution >= 4 is 29.9 Å². The molecule has 7 heteroatoms. The zero-order valence-electron chi connectivity index (χ0n) is 14.6. The molecule has 1 aromatic heterocycles. The molecule has 0 bridgehead atoms. The van der Waals surface area contributed by atoms with Crippen LogP contribution in [0.1, 0.15) is 35.1 Å². The number of aliphatic imine (C=N–C) groups is 1. The van der Waals surface area contributed by atoms with Crippen molar-refractivity contribution in [2.24, 2.45) is 12.0 Å². The van der Waals surface area contributed by atoms with Gasteiger partial charge in [-0.15, -0.1) is 24.0 Å². The highest BCUT2D eigenvalue weighted by molar-refractivity contribution is 14.0. The van der Waals surface area contributed by atoms with Crippen LogP contribution in [0.3, 0.4) is 0 Å². The number of aliphatic hydroxyl groups is 1. The Kier molecular flexibility index (Phi) is 7.24. The number of hydrogen-bond acceptors (Lipinski definition) is 3. The topological polar surface area (TPSA) is 74.5 Å². The lowest BCUT2D eigenvalue weighted by atomic mass is 10.0. The molecule has 1 aliphatic carbocycles. The van der Waals surface area contributed by atoms with Gasteiger partial charge >= 0.3 is 0 Å². The SMILES string of the molecule is CN=C(NCC(O)c1cnn(C)c1)NCC1CCc2ccccc21.I. The van der Waals surface area contributed by atoms with Crippen LogP contribution in [0.4, 0.5) is 0 Å². The molecule has 0 radical (unpaired) electrons. The molecule has 0 spiro atoms. The first-order valence-corrected chi connectivity index (χ1v) is 8.36. The molecule has 2 unspecified atom stereocenters. The zero-order valence-corrected chi connectivity index (χ0v) is 17.0. The van der Waals surface area contributed by atoms with Gasteiger partial charge in [-0.25, -0.2) is 0 Å². The smallest absolute Gasteiger partial charge is 0.191 e. The van der Waals surface area contributed by atoms with Crippen molar-refractivity contribution in [2.45, 2.75) is 24.9 Å². The molecule has 1 heterocycles. The average Bonchev–Trinajstić information content (AvgIpc) is 3.21. The molecular formula is C18H26IN5O. The number of aryl methyl sites for hydroxylation is 2. The van der Waals surface area contributed by atoms with Crippen molar-refractivity contribution in [3.05, 3.63) is 53.3 Å². The second kappa shape index (κ2) is 9.19. The fourth-order valence-corrected chi connectivity index (χ4v) is 3.22. The Morgan fingerprint density at radius 1 is 1.40 bits per heavy atom. The van der Waals surface area contributed by atoms with Gasteiger partial charge < -0.3 is 15.7 Å². The van der Waals surface area contributed by atoms with Crippen molar-refractivity contribution in [3.8, 4) is 0 Å². The average molecular weight is 455 g/mol. The molecule has 3 N–H and O–H groups in total. The third-order valence-corrected chi connectivity index (χ3v) is 4.57. The van der Waals surface area contributed by atoms with Crippen LogP contribution in [-0.2, 0) is 13.5 Å². The molecule has 1 aliphatic rings. The third kappa shape index (κ3) is 4.94. The van der Waals surface area contributed by atoms with E-state index < -0.39 is 6.10 Å². The van der Waals surface area contributed by atoms with E-state index in [9.17, 15) is 5.11 Å². The number of hydrogen-bond donors (Lipinski definition) is 3. The van der Waals surface area contributed by atoms with Gasteiger partial charge in [-0.05, 0) is 24.0 Å². The van der Waals surface area contributed by atoms with Gasteiger partial charge in [-0.1, -0.05) is 24.3 Å². The third-order valence-electron chi connectivity index (χ3n) is 4.57. The van der Waals surface area contributed by atoms with E-state index in [-0.39, 0.29) is 24.0 Å². The Morgan fingerprint density at radius 2 is 2.20 bits per heavy atom. The lowest BCUT2D eigenvalue weighted by molar-refractivity contribution is 0.180. The first-order chi connectivity index (χ1) is 11.7. The zero-order chi connectivity index (χ0) is 16.9. The number of nitrogens with one attached hydrogen (secondary N) is 2. The summed E-state index contributed by atoms with van der Waals surface area (Å²) in [4.78, 5) is 4.24. The summed E-state index contributed by atoms with van der Waals surface area (Å²) in [5.74, 6) is 1.23. The Balaban J connectivity index is 0.00000225. The summed E-state index contributed by atoms with van der Waals surface area (Å²) in [6, 6.07) is 8.65. The van der Waals surface area contributed by atoms with Crippen LogP contribution >= 0.6 is 24.0 Å². The number of aliphatic hydroxyl groups excluding tert-OH is 1. The van der Waals surface area contributed by atoms with E-state index in [2.05, 4.69) is 45.0 Å². The van der Waals surface area contributed by atoms with Crippen LogP contribution in [0, 0.1) is 0 Å². The van der Waals surface area contributed by atoms with Crippen molar-refractivity contribution in [1.29, 1.82) is 0 Å². The maximum atomic E-state index is 10.2. The van der Waals surface area contributed by atoms with Gasteiger partial charge in [-0.2, -0.15) is 5.10 Å². The summed E-state index contributed by atoms with van der Waals surface area (Å²) in [6.07, 6.45) is 5.20. The first-order valence-electron chi connectivity index (χ1n) is 8.36. The summed E-state index contributed by atoms with van der Waals surface area (Å²) in [5, 5.41) is 20.8. The van der Waals surface area contributed by atoms with E-state index >= 15 is 0 Å². The van der Waals surface area contributed by atoms with Crippen LogP contribution in [0.25, 0.3) is 0 Å². The van der Waals surface area contributed by atoms with E-state index in [1.807, 2.05) is 13.2 Å². The first kappa shape index (κ1) is 19.7. The fraction of sp³-hybridized carbons (Fsp3) is 0.444. The summed E-state index contributed by atoms with van der Waals surface area (Å²) in [6.45, 7) is 1.24. The highest BCUT2D eigenvalue weighted by atomic mass is 127. The Labute approximate surface area is 165 Å². The normalized spacial score (nSPS) is 17.6. The summed E-state index contributed by atoms with van der Waals surface area (Å²) < 4.78 is 1.68. The van der Waals surface area contributed by atoms with Gasteiger partial charge in [-0.3, -0.25) is 9.67 Å². The van der Waals surface area contributed by atoms with Crippen LogP contribution in [-0.4, -0.2) is 41.0 Å². The minimum Gasteiger partial charge on any atom is -0.386 e. The lowest BCUT2D eigenvalue weighted by Crippen LogP contribution is -2.40. The molecule has 0 fully saturated rings. The molecule has 3 rings (SSSR count). The molecule has 1 aromatic carbocycles. The Morgan fingerprint density at radius 3 is 2.92 bits per heavy atom. The summed E-state index contributed by atoms with van der Waals surface area (Å²) in [5.41, 5.74) is 3.69. The van der Waals surface area contributed by atoms with E-state index in [4.69, 9.17) is 0 Å². The largest absolute Gasteiger partial charge is 0.386 e. The van der Waals surface area contributed by atoms with E-state index in [1.165, 1.54) is 17.5 Å².